The van der Waals surface area contributed by atoms with Crippen LogP contribution in [0, 0.1) is 5.82 Å². The summed E-state index contributed by atoms with van der Waals surface area (Å²) < 4.78 is 16.9. The molecule has 0 aliphatic rings. The Kier molecular flexibility index (Phi) is 4.41. The highest BCUT2D eigenvalue weighted by Gasteiger charge is 2.09. The van der Waals surface area contributed by atoms with Crippen LogP contribution in [0.4, 0.5) is 9.39 Å². The van der Waals surface area contributed by atoms with E-state index in [-0.39, 0.29) is 5.82 Å². The molecule has 0 fully saturated rings. The second-order valence-electron chi connectivity index (χ2n) is 4.16. The van der Waals surface area contributed by atoms with Gasteiger partial charge in [-0.15, -0.1) is 22.7 Å². The number of carbonyl (C=O) groups is 1. The van der Waals surface area contributed by atoms with Crippen LogP contribution in [0.3, 0.4) is 0 Å². The highest BCUT2D eigenvalue weighted by atomic mass is 32.2. The molecule has 0 amide bonds. The number of rotatable bonds is 5. The van der Waals surface area contributed by atoms with E-state index in [4.69, 9.17) is 5.11 Å². The molecule has 0 aliphatic heterocycles. The molecule has 0 bridgehead atoms. The molecule has 0 radical (unpaired) electrons. The van der Waals surface area contributed by atoms with Crippen molar-refractivity contribution in [3.8, 4) is 10.6 Å². The zero-order valence-corrected chi connectivity index (χ0v) is 13.4. The lowest BCUT2D eigenvalue weighted by Gasteiger charge is -1.98. The van der Waals surface area contributed by atoms with Crippen molar-refractivity contribution in [2.45, 2.75) is 4.21 Å². The SMILES string of the molecule is O=C(O)c1ccc(NSc2cnc(-c3ccc(F)cc3)s2)s1. The maximum absolute atomic E-state index is 12.9. The highest BCUT2D eigenvalue weighted by Crippen LogP contribution is 2.33. The number of anilines is 1. The summed E-state index contributed by atoms with van der Waals surface area (Å²) in [4.78, 5) is 15.4. The molecule has 0 saturated heterocycles. The summed E-state index contributed by atoms with van der Waals surface area (Å²) in [6, 6.07) is 9.47. The summed E-state index contributed by atoms with van der Waals surface area (Å²) in [5.74, 6) is -1.21. The van der Waals surface area contributed by atoms with Crippen molar-refractivity contribution in [1.82, 2.24) is 4.98 Å². The number of benzene rings is 1. The first-order valence-electron chi connectivity index (χ1n) is 6.09. The average Bonchev–Trinajstić information content (AvgIpc) is 3.15. The summed E-state index contributed by atoms with van der Waals surface area (Å²) in [6.45, 7) is 0. The van der Waals surface area contributed by atoms with Crippen molar-refractivity contribution < 1.29 is 14.3 Å². The van der Waals surface area contributed by atoms with Crippen LogP contribution >= 0.6 is 34.6 Å². The summed E-state index contributed by atoms with van der Waals surface area (Å²) in [5.41, 5.74) is 0.863. The summed E-state index contributed by atoms with van der Waals surface area (Å²) >= 11 is 4.02. The van der Waals surface area contributed by atoms with Gasteiger partial charge in [0, 0.05) is 5.56 Å². The molecule has 22 heavy (non-hydrogen) atoms. The van der Waals surface area contributed by atoms with E-state index in [9.17, 15) is 9.18 Å². The van der Waals surface area contributed by atoms with E-state index in [0.717, 1.165) is 19.8 Å². The molecule has 0 spiro atoms. The standard InChI is InChI=1S/C14H9FN2O2S3/c15-9-3-1-8(2-4-9)13-16-7-12(21-13)22-17-11-6-5-10(20-11)14(18)19/h1-7,17H,(H,18,19). The van der Waals surface area contributed by atoms with Gasteiger partial charge in [-0.2, -0.15) is 0 Å². The van der Waals surface area contributed by atoms with E-state index in [0.29, 0.717) is 4.88 Å². The second-order valence-corrected chi connectivity index (χ2v) is 7.39. The molecule has 3 aromatic rings. The van der Waals surface area contributed by atoms with Crippen molar-refractivity contribution in [1.29, 1.82) is 0 Å². The van der Waals surface area contributed by atoms with Gasteiger partial charge in [0.1, 0.15) is 19.9 Å². The van der Waals surface area contributed by atoms with Crippen molar-refractivity contribution in [3.05, 3.63) is 53.3 Å². The maximum Gasteiger partial charge on any atom is 0.345 e. The molecule has 2 aromatic heterocycles. The number of aromatic carboxylic acids is 1. The predicted molar refractivity (Wildman–Crippen MR) is 88.3 cm³/mol. The van der Waals surface area contributed by atoms with E-state index in [2.05, 4.69) is 9.71 Å². The Morgan fingerprint density at radius 1 is 1.18 bits per heavy atom. The van der Waals surface area contributed by atoms with Crippen LogP contribution in [0.15, 0.2) is 46.8 Å². The van der Waals surface area contributed by atoms with Gasteiger partial charge in [0.05, 0.1) is 11.2 Å². The van der Waals surface area contributed by atoms with Gasteiger partial charge in [0.2, 0.25) is 0 Å². The minimum absolute atomic E-state index is 0.275. The third-order valence-electron chi connectivity index (χ3n) is 2.64. The number of aromatic nitrogens is 1. The fraction of sp³-hybridized carbons (Fsp3) is 0. The van der Waals surface area contributed by atoms with Gasteiger partial charge in [-0.3, -0.25) is 0 Å². The van der Waals surface area contributed by atoms with E-state index >= 15 is 0 Å². The van der Waals surface area contributed by atoms with Gasteiger partial charge >= 0.3 is 5.97 Å². The normalized spacial score (nSPS) is 10.6. The second kappa shape index (κ2) is 6.47. The molecule has 3 rings (SSSR count). The minimum Gasteiger partial charge on any atom is -0.477 e. The Hall–Kier alpha value is -1.90. The highest BCUT2D eigenvalue weighted by molar-refractivity contribution is 8.02. The van der Waals surface area contributed by atoms with Crippen LogP contribution in [0.1, 0.15) is 9.67 Å². The fourth-order valence-electron chi connectivity index (χ4n) is 1.64. The summed E-state index contributed by atoms with van der Waals surface area (Å²) in [5, 5.41) is 10.4. The largest absolute Gasteiger partial charge is 0.477 e. The zero-order valence-electron chi connectivity index (χ0n) is 10.9. The Balaban J connectivity index is 1.66. The van der Waals surface area contributed by atoms with Crippen LogP contribution in [0.2, 0.25) is 0 Å². The number of hydrogen-bond donors (Lipinski definition) is 2. The Labute approximate surface area is 137 Å². The molecule has 112 valence electrons. The molecule has 0 aliphatic carbocycles. The lowest BCUT2D eigenvalue weighted by Crippen LogP contribution is -1.89. The van der Waals surface area contributed by atoms with Crippen molar-refractivity contribution >= 4 is 45.6 Å². The number of halogens is 1. The van der Waals surface area contributed by atoms with Crippen LogP contribution in [-0.4, -0.2) is 16.1 Å². The van der Waals surface area contributed by atoms with Crippen LogP contribution < -0.4 is 4.72 Å². The lowest BCUT2D eigenvalue weighted by atomic mass is 10.2. The molecular formula is C14H9FN2O2S3. The zero-order chi connectivity index (χ0) is 15.5. The molecule has 0 saturated carbocycles. The van der Waals surface area contributed by atoms with Crippen LogP contribution in [0.25, 0.3) is 10.6 Å². The van der Waals surface area contributed by atoms with Gasteiger partial charge in [0.15, 0.2) is 0 Å². The average molecular weight is 352 g/mol. The van der Waals surface area contributed by atoms with E-state index < -0.39 is 5.97 Å². The quantitative estimate of drug-likeness (QED) is 0.644. The Morgan fingerprint density at radius 3 is 2.64 bits per heavy atom. The number of nitrogens with one attached hydrogen (secondary N) is 1. The number of nitrogens with zero attached hydrogens (tertiary/aromatic N) is 1. The summed E-state index contributed by atoms with van der Waals surface area (Å²) in [6.07, 6.45) is 1.73. The van der Waals surface area contributed by atoms with E-state index in [1.165, 1.54) is 46.8 Å². The lowest BCUT2D eigenvalue weighted by molar-refractivity contribution is 0.0702. The van der Waals surface area contributed by atoms with Gasteiger partial charge in [-0.05, 0) is 48.3 Å². The molecule has 1 aromatic carbocycles. The number of thiazole rings is 1. The van der Waals surface area contributed by atoms with Crippen molar-refractivity contribution in [2.75, 3.05) is 4.72 Å². The van der Waals surface area contributed by atoms with E-state index in [1.807, 2.05) is 0 Å². The Morgan fingerprint density at radius 2 is 1.95 bits per heavy atom. The number of hydrogen-bond acceptors (Lipinski definition) is 6. The Bertz CT molecular complexity index is 799. The number of carboxylic acids is 1. The first-order valence-corrected chi connectivity index (χ1v) is 8.54. The number of thiophene rings is 1. The molecule has 2 heterocycles. The van der Waals surface area contributed by atoms with Gasteiger partial charge in [-0.25, -0.2) is 14.2 Å². The maximum atomic E-state index is 12.9. The van der Waals surface area contributed by atoms with Gasteiger partial charge < -0.3 is 9.83 Å². The monoisotopic (exact) mass is 352 g/mol. The van der Waals surface area contributed by atoms with Gasteiger partial charge in [0.25, 0.3) is 0 Å². The summed E-state index contributed by atoms with van der Waals surface area (Å²) in [7, 11) is 0. The molecule has 4 nitrogen and oxygen atoms in total. The molecule has 0 atom stereocenters. The molecule has 2 N–H and O–H groups in total. The molecular weight excluding hydrogens is 343 g/mol. The molecule has 8 heteroatoms. The first-order chi connectivity index (χ1) is 10.6. The third kappa shape index (κ3) is 3.46. The first kappa shape index (κ1) is 15.0. The predicted octanol–water partition coefficient (Wildman–Crippen LogP) is 4.83. The van der Waals surface area contributed by atoms with Crippen LogP contribution in [0.5, 0.6) is 0 Å². The van der Waals surface area contributed by atoms with E-state index in [1.54, 1.807) is 30.5 Å². The smallest absolute Gasteiger partial charge is 0.345 e. The molecule has 0 unspecified atom stereocenters. The van der Waals surface area contributed by atoms with Crippen LogP contribution in [-0.2, 0) is 0 Å². The minimum atomic E-state index is -0.931. The third-order valence-corrected chi connectivity index (χ3v) is 5.73. The van der Waals surface area contributed by atoms with Crippen molar-refractivity contribution in [2.24, 2.45) is 0 Å². The fourth-order valence-corrected chi connectivity index (χ4v) is 4.09. The topological polar surface area (TPSA) is 62.2 Å². The van der Waals surface area contributed by atoms with Gasteiger partial charge in [-0.1, -0.05) is 0 Å². The van der Waals surface area contributed by atoms with Crippen molar-refractivity contribution in [3.63, 3.8) is 0 Å². The number of carboxylic acid groups (broad SMARTS) is 1.